The average Bonchev–Trinajstić information content (AvgIpc) is 2.73. The lowest BCUT2D eigenvalue weighted by molar-refractivity contribution is 0.166. The van der Waals surface area contributed by atoms with Crippen LogP contribution in [0.4, 0.5) is 9.93 Å². The number of hydrogen-bond acceptors (Lipinski definition) is 6. The molecule has 0 aromatic carbocycles. The van der Waals surface area contributed by atoms with Gasteiger partial charge in [0.25, 0.3) is 0 Å². The third kappa shape index (κ3) is 3.05. The molecule has 1 aromatic heterocycles. The van der Waals surface area contributed by atoms with Crippen LogP contribution >= 0.6 is 11.3 Å². The van der Waals surface area contributed by atoms with E-state index in [0.717, 1.165) is 16.6 Å². The second-order valence-electron chi connectivity index (χ2n) is 2.79. The van der Waals surface area contributed by atoms with E-state index in [2.05, 4.69) is 25.6 Å². The molecule has 0 saturated carbocycles. The predicted molar refractivity (Wildman–Crippen MR) is 58.0 cm³/mol. The van der Waals surface area contributed by atoms with E-state index in [1.165, 1.54) is 18.4 Å². The highest BCUT2D eigenvalue weighted by molar-refractivity contribution is 7.15. The van der Waals surface area contributed by atoms with Crippen molar-refractivity contribution in [2.45, 2.75) is 19.4 Å². The minimum Gasteiger partial charge on any atom is -0.453 e. The number of rotatable bonds is 4. The monoisotopic (exact) mass is 230 g/mol. The standard InChI is InChI=1S/C8H14N4O2S/c1-4-5(10-8(13)14-3)6-11-12-7(9-2)15-6/h5H,4H2,1-3H3,(H,9,12)(H,10,13). The Morgan fingerprint density at radius 1 is 1.60 bits per heavy atom. The second-order valence-corrected chi connectivity index (χ2v) is 3.80. The largest absolute Gasteiger partial charge is 0.453 e. The molecule has 1 aromatic rings. The van der Waals surface area contributed by atoms with Crippen LogP contribution in [0.1, 0.15) is 24.4 Å². The molecule has 0 saturated heterocycles. The van der Waals surface area contributed by atoms with Crippen molar-refractivity contribution < 1.29 is 9.53 Å². The second kappa shape index (κ2) is 5.50. The topological polar surface area (TPSA) is 76.1 Å². The highest BCUT2D eigenvalue weighted by atomic mass is 32.1. The van der Waals surface area contributed by atoms with Crippen molar-refractivity contribution in [3.8, 4) is 0 Å². The number of carbonyl (C=O) groups excluding carboxylic acids is 1. The van der Waals surface area contributed by atoms with Gasteiger partial charge in [-0.15, -0.1) is 10.2 Å². The third-order valence-electron chi connectivity index (χ3n) is 1.84. The van der Waals surface area contributed by atoms with Crippen molar-refractivity contribution in [2.75, 3.05) is 19.5 Å². The number of nitrogens with one attached hydrogen (secondary N) is 2. The first kappa shape index (κ1) is 11.7. The molecule has 7 heteroatoms. The van der Waals surface area contributed by atoms with Gasteiger partial charge in [0.2, 0.25) is 5.13 Å². The van der Waals surface area contributed by atoms with Crippen LogP contribution in [-0.4, -0.2) is 30.4 Å². The summed E-state index contributed by atoms with van der Waals surface area (Å²) in [5, 5.41) is 15.0. The molecule has 0 aliphatic heterocycles. The van der Waals surface area contributed by atoms with Crippen LogP contribution in [0, 0.1) is 0 Å². The van der Waals surface area contributed by atoms with Gasteiger partial charge in [0.05, 0.1) is 13.2 Å². The fraction of sp³-hybridized carbons (Fsp3) is 0.625. The maximum absolute atomic E-state index is 11.0. The Morgan fingerprint density at radius 3 is 2.80 bits per heavy atom. The normalized spacial score (nSPS) is 11.9. The molecular weight excluding hydrogens is 216 g/mol. The number of ether oxygens (including phenoxy) is 1. The van der Waals surface area contributed by atoms with E-state index < -0.39 is 6.09 Å². The quantitative estimate of drug-likeness (QED) is 0.817. The Morgan fingerprint density at radius 2 is 2.33 bits per heavy atom. The van der Waals surface area contributed by atoms with Crippen LogP contribution in [-0.2, 0) is 4.74 Å². The van der Waals surface area contributed by atoms with E-state index in [4.69, 9.17) is 0 Å². The Hall–Kier alpha value is -1.37. The summed E-state index contributed by atoms with van der Waals surface area (Å²) in [6, 6.07) is -0.142. The van der Waals surface area contributed by atoms with Crippen LogP contribution in [0.5, 0.6) is 0 Å². The van der Waals surface area contributed by atoms with E-state index in [1.54, 1.807) is 7.05 Å². The number of nitrogens with zero attached hydrogens (tertiary/aromatic N) is 2. The molecule has 0 spiro atoms. The Balaban J connectivity index is 2.69. The minimum absolute atomic E-state index is 0.142. The zero-order chi connectivity index (χ0) is 11.3. The summed E-state index contributed by atoms with van der Waals surface area (Å²) >= 11 is 1.41. The van der Waals surface area contributed by atoms with Crippen molar-refractivity contribution in [1.82, 2.24) is 15.5 Å². The fourth-order valence-electron chi connectivity index (χ4n) is 1.02. The lowest BCUT2D eigenvalue weighted by Crippen LogP contribution is -2.27. The number of amides is 1. The smallest absolute Gasteiger partial charge is 0.407 e. The van der Waals surface area contributed by atoms with Gasteiger partial charge >= 0.3 is 6.09 Å². The molecule has 15 heavy (non-hydrogen) atoms. The highest BCUT2D eigenvalue weighted by Gasteiger charge is 2.17. The Labute approximate surface area is 92.0 Å². The van der Waals surface area contributed by atoms with Crippen LogP contribution in [0.3, 0.4) is 0 Å². The zero-order valence-corrected chi connectivity index (χ0v) is 9.72. The molecule has 0 fully saturated rings. The summed E-state index contributed by atoms with van der Waals surface area (Å²) in [6.07, 6.45) is 0.288. The van der Waals surface area contributed by atoms with Crippen molar-refractivity contribution in [3.63, 3.8) is 0 Å². The molecule has 1 unspecified atom stereocenters. The molecule has 1 rings (SSSR count). The van der Waals surface area contributed by atoms with E-state index in [1.807, 2.05) is 6.92 Å². The van der Waals surface area contributed by atoms with Gasteiger partial charge in [-0.05, 0) is 6.42 Å². The van der Waals surface area contributed by atoms with E-state index in [9.17, 15) is 4.79 Å². The highest BCUT2D eigenvalue weighted by Crippen LogP contribution is 2.23. The van der Waals surface area contributed by atoms with Gasteiger partial charge in [-0.2, -0.15) is 0 Å². The van der Waals surface area contributed by atoms with Crippen molar-refractivity contribution in [2.24, 2.45) is 0 Å². The molecule has 0 bridgehead atoms. The van der Waals surface area contributed by atoms with Gasteiger partial charge in [-0.3, -0.25) is 0 Å². The van der Waals surface area contributed by atoms with Crippen LogP contribution in [0.15, 0.2) is 0 Å². The maximum atomic E-state index is 11.0. The Kier molecular flexibility index (Phi) is 4.29. The fourth-order valence-corrected chi connectivity index (χ4v) is 1.85. The lowest BCUT2D eigenvalue weighted by atomic mass is 10.2. The zero-order valence-electron chi connectivity index (χ0n) is 8.90. The molecule has 0 radical (unpaired) electrons. The third-order valence-corrected chi connectivity index (χ3v) is 2.89. The minimum atomic E-state index is -0.456. The van der Waals surface area contributed by atoms with Gasteiger partial charge in [-0.1, -0.05) is 18.3 Å². The number of alkyl carbamates (subject to hydrolysis) is 1. The van der Waals surface area contributed by atoms with E-state index in [-0.39, 0.29) is 6.04 Å². The number of aromatic nitrogens is 2. The molecule has 1 amide bonds. The summed E-state index contributed by atoms with van der Waals surface area (Å²) in [5.41, 5.74) is 0. The number of methoxy groups -OCH3 is 1. The molecular formula is C8H14N4O2S. The van der Waals surface area contributed by atoms with Gasteiger partial charge in [0.1, 0.15) is 5.01 Å². The van der Waals surface area contributed by atoms with Crippen molar-refractivity contribution in [3.05, 3.63) is 5.01 Å². The summed E-state index contributed by atoms with van der Waals surface area (Å²) in [7, 11) is 3.11. The molecule has 0 aliphatic carbocycles. The number of hydrogen-bond donors (Lipinski definition) is 2. The van der Waals surface area contributed by atoms with Crippen LogP contribution in [0.2, 0.25) is 0 Å². The summed E-state index contributed by atoms with van der Waals surface area (Å²) < 4.78 is 4.53. The van der Waals surface area contributed by atoms with Gasteiger partial charge in [0, 0.05) is 7.05 Å². The molecule has 1 heterocycles. The first-order chi connectivity index (χ1) is 7.21. The molecule has 0 aliphatic rings. The van der Waals surface area contributed by atoms with Gasteiger partial charge in [-0.25, -0.2) is 4.79 Å². The maximum Gasteiger partial charge on any atom is 0.407 e. The molecule has 2 N–H and O–H groups in total. The SMILES string of the molecule is CCC(NC(=O)OC)c1nnc(NC)s1. The van der Waals surface area contributed by atoms with Crippen molar-refractivity contribution >= 4 is 22.6 Å². The van der Waals surface area contributed by atoms with Gasteiger partial charge in [0.15, 0.2) is 0 Å². The summed E-state index contributed by atoms with van der Waals surface area (Å²) in [6.45, 7) is 1.96. The van der Waals surface area contributed by atoms with Gasteiger partial charge < -0.3 is 15.4 Å². The molecule has 1 atom stereocenters. The number of anilines is 1. The van der Waals surface area contributed by atoms with E-state index in [0.29, 0.717) is 0 Å². The number of carbonyl (C=O) groups is 1. The van der Waals surface area contributed by atoms with Crippen molar-refractivity contribution in [1.29, 1.82) is 0 Å². The van der Waals surface area contributed by atoms with Crippen LogP contribution in [0.25, 0.3) is 0 Å². The van der Waals surface area contributed by atoms with Crippen LogP contribution < -0.4 is 10.6 Å². The van der Waals surface area contributed by atoms with E-state index >= 15 is 0 Å². The first-order valence-corrected chi connectivity index (χ1v) is 5.38. The average molecular weight is 230 g/mol. The predicted octanol–water partition coefficient (Wildman–Crippen LogP) is 1.39. The molecule has 84 valence electrons. The Bertz CT molecular complexity index is 328. The molecule has 6 nitrogen and oxygen atoms in total. The summed E-state index contributed by atoms with van der Waals surface area (Å²) in [5.74, 6) is 0. The first-order valence-electron chi connectivity index (χ1n) is 4.56. The lowest BCUT2D eigenvalue weighted by Gasteiger charge is -2.11. The summed E-state index contributed by atoms with van der Waals surface area (Å²) in [4.78, 5) is 11.0.